The molecule has 112 valence electrons. The van der Waals surface area contributed by atoms with Crippen LogP contribution in [0.15, 0.2) is 30.3 Å². The maximum Gasteiger partial charge on any atom is 0.384 e. The second-order valence-electron chi connectivity index (χ2n) is 6.39. The second-order valence-corrected chi connectivity index (χ2v) is 6.39. The Morgan fingerprint density at radius 2 is 1.95 bits per heavy atom. The zero-order valence-electron chi connectivity index (χ0n) is 13.1. The van der Waals surface area contributed by atoms with Gasteiger partial charge in [0.05, 0.1) is 0 Å². The van der Waals surface area contributed by atoms with E-state index in [9.17, 15) is 4.79 Å². The Bertz CT molecular complexity index is 521. The lowest BCUT2D eigenvalue weighted by Crippen LogP contribution is -2.35. The summed E-state index contributed by atoms with van der Waals surface area (Å²) in [6.45, 7) is 6.64. The first-order valence-electron chi connectivity index (χ1n) is 7.84. The van der Waals surface area contributed by atoms with Gasteiger partial charge in [-0.15, -0.1) is 0 Å². The van der Waals surface area contributed by atoms with Crippen molar-refractivity contribution in [1.82, 2.24) is 0 Å². The van der Waals surface area contributed by atoms with Crippen molar-refractivity contribution in [1.29, 1.82) is 0 Å². The van der Waals surface area contributed by atoms with Crippen LogP contribution in [0.3, 0.4) is 0 Å². The molecule has 1 aliphatic carbocycles. The molecule has 0 unspecified atom stereocenters. The smallest absolute Gasteiger partial charge is 0.384 e. The highest BCUT2D eigenvalue weighted by molar-refractivity contribution is 5.89. The number of benzene rings is 1. The van der Waals surface area contributed by atoms with Gasteiger partial charge in [0.2, 0.25) is 0 Å². The molecule has 1 aromatic rings. The highest BCUT2D eigenvalue weighted by Gasteiger charge is 2.33. The van der Waals surface area contributed by atoms with Crippen molar-refractivity contribution in [3.63, 3.8) is 0 Å². The fraction of sp³-hybridized carbons (Fsp3) is 0.526. The van der Waals surface area contributed by atoms with Crippen LogP contribution in [0.2, 0.25) is 0 Å². The minimum Gasteiger partial charge on any atom is -0.452 e. The van der Waals surface area contributed by atoms with E-state index in [0.717, 1.165) is 18.4 Å². The summed E-state index contributed by atoms with van der Waals surface area (Å²) in [4.78, 5) is 12.0. The largest absolute Gasteiger partial charge is 0.452 e. The Morgan fingerprint density at radius 1 is 1.24 bits per heavy atom. The Kier molecular flexibility index (Phi) is 5.44. The summed E-state index contributed by atoms with van der Waals surface area (Å²) in [7, 11) is 0. The molecule has 1 aromatic carbocycles. The lowest BCUT2D eigenvalue weighted by atomic mass is 9.75. The van der Waals surface area contributed by atoms with Gasteiger partial charge in [0.25, 0.3) is 0 Å². The average molecular weight is 284 g/mol. The maximum atomic E-state index is 12.0. The number of rotatable bonds is 2. The number of hydrogen-bond donors (Lipinski definition) is 0. The van der Waals surface area contributed by atoms with Crippen molar-refractivity contribution in [2.75, 3.05) is 0 Å². The minimum atomic E-state index is -0.399. The first-order chi connectivity index (χ1) is 10.1. The van der Waals surface area contributed by atoms with E-state index in [-0.39, 0.29) is 6.10 Å². The van der Waals surface area contributed by atoms with Crippen LogP contribution >= 0.6 is 0 Å². The predicted molar refractivity (Wildman–Crippen MR) is 84.5 cm³/mol. The summed E-state index contributed by atoms with van der Waals surface area (Å²) in [6, 6.07) is 9.53. The molecule has 1 aliphatic rings. The molecule has 2 heteroatoms. The van der Waals surface area contributed by atoms with Crippen LogP contribution in [-0.2, 0) is 9.53 Å². The number of carbonyl (C=O) groups is 1. The van der Waals surface area contributed by atoms with E-state index in [1.807, 2.05) is 30.3 Å². The molecule has 1 saturated carbocycles. The van der Waals surface area contributed by atoms with Crippen LogP contribution in [0.1, 0.15) is 45.6 Å². The summed E-state index contributed by atoms with van der Waals surface area (Å²) >= 11 is 0. The van der Waals surface area contributed by atoms with Gasteiger partial charge in [0, 0.05) is 11.5 Å². The molecule has 0 heterocycles. The molecule has 0 aliphatic heterocycles. The monoisotopic (exact) mass is 284 g/mol. The van der Waals surface area contributed by atoms with E-state index in [2.05, 4.69) is 32.6 Å². The highest BCUT2D eigenvalue weighted by Crippen LogP contribution is 2.35. The molecule has 0 aromatic heterocycles. The van der Waals surface area contributed by atoms with Gasteiger partial charge in [0.1, 0.15) is 6.10 Å². The third-order valence-electron chi connectivity index (χ3n) is 4.30. The van der Waals surface area contributed by atoms with E-state index in [4.69, 9.17) is 4.74 Å². The molecule has 0 N–H and O–H groups in total. The highest BCUT2D eigenvalue weighted by atomic mass is 16.5. The number of hydrogen-bond acceptors (Lipinski definition) is 2. The summed E-state index contributed by atoms with van der Waals surface area (Å²) in [5.74, 6) is 6.70. The van der Waals surface area contributed by atoms with E-state index < -0.39 is 5.97 Å². The van der Waals surface area contributed by atoms with Gasteiger partial charge in [-0.25, -0.2) is 4.79 Å². The maximum absolute atomic E-state index is 12.0. The van der Waals surface area contributed by atoms with E-state index in [0.29, 0.717) is 17.8 Å². The van der Waals surface area contributed by atoms with Gasteiger partial charge in [-0.3, -0.25) is 0 Å². The molecule has 3 atom stereocenters. The van der Waals surface area contributed by atoms with Crippen LogP contribution in [0.4, 0.5) is 0 Å². The predicted octanol–water partition coefficient (Wildman–Crippen LogP) is 4.04. The van der Waals surface area contributed by atoms with Crippen LogP contribution in [0, 0.1) is 29.6 Å². The molecular formula is C19H24O2. The van der Waals surface area contributed by atoms with Crippen molar-refractivity contribution in [3.05, 3.63) is 35.9 Å². The Balaban J connectivity index is 1.99. The second kappa shape index (κ2) is 7.31. The quantitative estimate of drug-likeness (QED) is 0.605. The van der Waals surface area contributed by atoms with Gasteiger partial charge in [0.15, 0.2) is 0 Å². The lowest BCUT2D eigenvalue weighted by molar-refractivity contribution is -0.148. The standard InChI is InChI=1S/C19H24O2/c1-14(2)17-11-9-15(3)13-18(17)21-19(20)12-10-16-7-5-4-6-8-16/h4-8,14-15,17-18H,9,11,13H2,1-3H3/t15-,17-,18+/m1/s1. The molecule has 0 amide bonds. The SMILES string of the molecule is CC(C)[C@H]1CC[C@@H](C)C[C@@H]1OC(=O)C#Cc1ccccc1. The van der Waals surface area contributed by atoms with E-state index >= 15 is 0 Å². The summed E-state index contributed by atoms with van der Waals surface area (Å²) in [6.07, 6.45) is 3.35. The zero-order valence-corrected chi connectivity index (χ0v) is 13.1. The van der Waals surface area contributed by atoms with Crippen LogP contribution in [0.25, 0.3) is 0 Å². The number of ether oxygens (including phenoxy) is 1. The molecule has 1 fully saturated rings. The Labute approximate surface area is 127 Å². The fourth-order valence-electron chi connectivity index (χ4n) is 3.06. The zero-order chi connectivity index (χ0) is 15.2. The third-order valence-corrected chi connectivity index (χ3v) is 4.30. The van der Waals surface area contributed by atoms with Gasteiger partial charge in [-0.2, -0.15) is 0 Å². The topological polar surface area (TPSA) is 26.3 Å². The van der Waals surface area contributed by atoms with Crippen molar-refractivity contribution in [3.8, 4) is 11.8 Å². The van der Waals surface area contributed by atoms with Crippen LogP contribution < -0.4 is 0 Å². The average Bonchev–Trinajstić information content (AvgIpc) is 2.46. The molecule has 0 spiro atoms. The molecule has 0 radical (unpaired) electrons. The molecular weight excluding hydrogens is 260 g/mol. The fourth-order valence-corrected chi connectivity index (χ4v) is 3.06. The Hall–Kier alpha value is -1.75. The molecule has 21 heavy (non-hydrogen) atoms. The summed E-state index contributed by atoms with van der Waals surface area (Å²) in [5, 5.41) is 0. The van der Waals surface area contributed by atoms with Crippen molar-refractivity contribution in [2.45, 2.75) is 46.1 Å². The Morgan fingerprint density at radius 3 is 2.62 bits per heavy atom. The summed E-state index contributed by atoms with van der Waals surface area (Å²) in [5.41, 5.74) is 0.840. The number of esters is 1. The van der Waals surface area contributed by atoms with Gasteiger partial charge in [-0.05, 0) is 42.7 Å². The first-order valence-corrected chi connectivity index (χ1v) is 7.84. The molecule has 2 rings (SSSR count). The van der Waals surface area contributed by atoms with Crippen LogP contribution in [-0.4, -0.2) is 12.1 Å². The summed E-state index contributed by atoms with van der Waals surface area (Å²) < 4.78 is 5.64. The number of carbonyl (C=O) groups excluding carboxylic acids is 1. The van der Waals surface area contributed by atoms with Gasteiger partial charge in [-0.1, -0.05) is 51.3 Å². The molecule has 0 saturated heterocycles. The molecule has 2 nitrogen and oxygen atoms in total. The normalized spacial score (nSPS) is 25.0. The van der Waals surface area contributed by atoms with Crippen LogP contribution in [0.5, 0.6) is 0 Å². The molecule has 0 bridgehead atoms. The minimum absolute atomic E-state index is 0.0197. The lowest BCUT2D eigenvalue weighted by Gasteiger charge is -2.36. The van der Waals surface area contributed by atoms with Gasteiger partial charge < -0.3 is 4.74 Å². The third kappa shape index (κ3) is 4.63. The van der Waals surface area contributed by atoms with E-state index in [1.54, 1.807) is 0 Å². The van der Waals surface area contributed by atoms with Crippen molar-refractivity contribution in [2.24, 2.45) is 17.8 Å². The van der Waals surface area contributed by atoms with Crippen molar-refractivity contribution < 1.29 is 9.53 Å². The first kappa shape index (κ1) is 15.6. The van der Waals surface area contributed by atoms with Crippen molar-refractivity contribution >= 4 is 5.97 Å². The van der Waals surface area contributed by atoms with E-state index in [1.165, 1.54) is 6.42 Å². The van der Waals surface area contributed by atoms with Gasteiger partial charge >= 0.3 is 5.97 Å².